The Hall–Kier alpha value is -4.81. The Morgan fingerprint density at radius 1 is 0.981 bits per heavy atom. The molecular formula is C36H43F3N10O4S. The summed E-state index contributed by atoms with van der Waals surface area (Å²) >= 11 is 0. The van der Waals surface area contributed by atoms with Crippen molar-refractivity contribution in [3.63, 3.8) is 0 Å². The molecule has 0 aliphatic carbocycles. The van der Waals surface area contributed by atoms with Crippen LogP contribution in [0.4, 0.5) is 35.5 Å². The molecule has 3 saturated heterocycles. The van der Waals surface area contributed by atoms with Crippen molar-refractivity contribution in [1.82, 2.24) is 34.3 Å². The molecule has 3 amide bonds. The number of sulfonamides is 1. The van der Waals surface area contributed by atoms with Crippen molar-refractivity contribution in [2.45, 2.75) is 61.7 Å². The van der Waals surface area contributed by atoms with Crippen molar-refractivity contribution in [3.05, 3.63) is 65.4 Å². The highest BCUT2D eigenvalue weighted by Gasteiger charge is 2.37. The maximum absolute atomic E-state index is 13.7. The summed E-state index contributed by atoms with van der Waals surface area (Å²) in [4.78, 5) is 37.4. The third kappa shape index (κ3) is 7.72. The zero-order chi connectivity index (χ0) is 38.4. The number of anilines is 3. The quantitative estimate of drug-likeness (QED) is 0.249. The summed E-state index contributed by atoms with van der Waals surface area (Å²) in [6.45, 7) is 3.09. The molecule has 3 aliphatic heterocycles. The molecule has 3 aliphatic rings. The van der Waals surface area contributed by atoms with Gasteiger partial charge in [-0.2, -0.15) is 27.6 Å². The van der Waals surface area contributed by atoms with Crippen LogP contribution >= 0.6 is 0 Å². The smallest absolute Gasteiger partial charge is 0.362 e. The monoisotopic (exact) mass is 768 g/mol. The molecule has 54 heavy (non-hydrogen) atoms. The number of fused-ring (bicyclic) bond motifs is 1. The van der Waals surface area contributed by atoms with E-state index in [0.717, 1.165) is 48.6 Å². The van der Waals surface area contributed by atoms with E-state index in [1.54, 1.807) is 22.9 Å². The summed E-state index contributed by atoms with van der Waals surface area (Å²) in [6.07, 6.45) is -0.833. The van der Waals surface area contributed by atoms with E-state index in [0.29, 0.717) is 31.1 Å². The van der Waals surface area contributed by atoms with Gasteiger partial charge in [0.15, 0.2) is 5.82 Å². The number of carbonyl (C=O) groups excluding carboxylic acids is 2. The lowest BCUT2D eigenvalue weighted by Crippen LogP contribution is -2.49. The van der Waals surface area contributed by atoms with Crippen LogP contribution in [0.25, 0.3) is 10.9 Å². The summed E-state index contributed by atoms with van der Waals surface area (Å²) in [5, 5.41) is 10.9. The molecule has 3 fully saturated rings. The van der Waals surface area contributed by atoms with Gasteiger partial charge in [-0.25, -0.2) is 18.2 Å². The molecule has 288 valence electrons. The Kier molecular flexibility index (Phi) is 10.3. The molecule has 7 rings (SSSR count). The maximum Gasteiger partial charge on any atom is 0.421 e. The van der Waals surface area contributed by atoms with E-state index in [4.69, 9.17) is 0 Å². The van der Waals surface area contributed by atoms with Gasteiger partial charge in [0.1, 0.15) is 11.4 Å². The highest BCUT2D eigenvalue weighted by Crippen LogP contribution is 2.36. The van der Waals surface area contributed by atoms with Crippen LogP contribution in [0.2, 0.25) is 0 Å². The molecule has 2 aromatic heterocycles. The van der Waals surface area contributed by atoms with Crippen molar-refractivity contribution in [2.24, 2.45) is 7.05 Å². The average molecular weight is 769 g/mol. The molecule has 0 bridgehead atoms. The van der Waals surface area contributed by atoms with Crippen molar-refractivity contribution in [2.75, 3.05) is 61.9 Å². The Labute approximate surface area is 311 Å². The fourth-order valence-electron chi connectivity index (χ4n) is 7.52. The number of carbonyl (C=O) groups is 2. The largest absolute Gasteiger partial charge is 0.421 e. The van der Waals surface area contributed by atoms with Gasteiger partial charge in [0.25, 0.3) is 0 Å². The number of halogens is 3. The number of aromatic nitrogens is 4. The normalized spacial score (nSPS) is 18.7. The number of rotatable bonds is 9. The fourth-order valence-corrected chi connectivity index (χ4v) is 9.06. The summed E-state index contributed by atoms with van der Waals surface area (Å²) in [5.74, 6) is 0.413. The van der Waals surface area contributed by atoms with E-state index in [1.807, 2.05) is 19.2 Å². The number of nitrogens with one attached hydrogen (secondary N) is 2. The number of nitrogens with zero attached hydrogens (tertiary/aromatic N) is 8. The summed E-state index contributed by atoms with van der Waals surface area (Å²) in [5.41, 5.74) is 2.11. The fraction of sp³-hybridized carbons (Fsp3) is 0.472. The number of imide groups is 1. The van der Waals surface area contributed by atoms with Crippen LogP contribution in [0.15, 0.2) is 53.6 Å². The van der Waals surface area contributed by atoms with Crippen molar-refractivity contribution >= 4 is 50.4 Å². The Morgan fingerprint density at radius 3 is 2.41 bits per heavy atom. The zero-order valence-electron chi connectivity index (χ0n) is 30.3. The lowest BCUT2D eigenvalue weighted by atomic mass is 9.89. The minimum absolute atomic E-state index is 0.0678. The number of aryl methyl sites for hydroxylation is 1. The van der Waals surface area contributed by atoms with Gasteiger partial charge in [0.2, 0.25) is 21.9 Å². The van der Waals surface area contributed by atoms with Gasteiger partial charge in [0, 0.05) is 71.4 Å². The summed E-state index contributed by atoms with van der Waals surface area (Å²) in [6, 6.07) is 12.7. The number of amides is 3. The highest BCUT2D eigenvalue weighted by molar-refractivity contribution is 7.89. The van der Waals surface area contributed by atoms with Gasteiger partial charge in [-0.05, 0) is 80.1 Å². The third-order valence-electron chi connectivity index (χ3n) is 10.5. The third-order valence-corrected chi connectivity index (χ3v) is 12.3. The minimum Gasteiger partial charge on any atom is -0.362 e. The molecule has 0 atom stereocenters. The molecule has 0 saturated carbocycles. The molecule has 18 heteroatoms. The molecule has 2 aromatic carbocycles. The number of piperidine rings is 2. The van der Waals surface area contributed by atoms with Gasteiger partial charge >= 0.3 is 12.2 Å². The second-order valence-corrected chi connectivity index (χ2v) is 16.3. The lowest BCUT2D eigenvalue weighted by Gasteiger charge is -2.33. The van der Waals surface area contributed by atoms with Gasteiger partial charge in [0.05, 0.1) is 10.4 Å². The van der Waals surface area contributed by atoms with Gasteiger partial charge in [-0.1, -0.05) is 18.2 Å². The second kappa shape index (κ2) is 14.8. The Balaban J connectivity index is 0.936. The maximum atomic E-state index is 13.7. The van der Waals surface area contributed by atoms with Crippen molar-refractivity contribution < 1.29 is 31.2 Å². The molecule has 14 nitrogen and oxygen atoms in total. The summed E-state index contributed by atoms with van der Waals surface area (Å²) in [7, 11) is 1.05. The standard InChI is InChI=1S/C36H43F3N10O4S/c1-45(2)33-29(36(37,38)39)21-40-34(43-33)41-26-11-16-48(17-12-26)54(52,53)27-6-4-5-23(19-27)22-47-14-9-24(10-15-47)25-7-8-28-30(20-25)46(3)44-32(28)49-18-13-31(50)42-35(49)51/h4-8,19-21,24,26H,9-18,22H2,1-3H3,(H,40,41,43)(H,42,50,51). The number of hydrogen-bond donors (Lipinski definition) is 2. The summed E-state index contributed by atoms with van der Waals surface area (Å²) < 4.78 is 70.8. The Bertz CT molecular complexity index is 2160. The average Bonchev–Trinajstić information content (AvgIpc) is 3.46. The van der Waals surface area contributed by atoms with E-state index >= 15 is 0 Å². The molecule has 0 spiro atoms. The van der Waals surface area contributed by atoms with Crippen molar-refractivity contribution in [3.8, 4) is 0 Å². The van der Waals surface area contributed by atoms with Crippen LogP contribution in [0.5, 0.6) is 0 Å². The molecule has 0 unspecified atom stereocenters. The highest BCUT2D eigenvalue weighted by atomic mass is 32.2. The first-order valence-electron chi connectivity index (χ1n) is 17.9. The molecule has 4 aromatic rings. The first-order valence-corrected chi connectivity index (χ1v) is 19.4. The molecule has 5 heterocycles. The SMILES string of the molecule is CN(C)c1nc(NC2CCN(S(=O)(=O)c3cccc(CN4CCC(c5ccc6c(N7CCC(=O)NC7=O)nn(C)c6c5)CC4)c3)CC2)ncc1C(F)(F)F. The predicted octanol–water partition coefficient (Wildman–Crippen LogP) is 4.54. The molecule has 0 radical (unpaired) electrons. The zero-order valence-corrected chi connectivity index (χ0v) is 31.1. The first kappa shape index (κ1) is 37.5. The molecule has 2 N–H and O–H groups in total. The van der Waals surface area contributed by atoms with E-state index in [-0.39, 0.29) is 54.7 Å². The van der Waals surface area contributed by atoms with Crippen molar-refractivity contribution in [1.29, 1.82) is 0 Å². The number of benzene rings is 2. The first-order chi connectivity index (χ1) is 25.7. The van der Waals surface area contributed by atoms with Crippen LogP contribution in [-0.2, 0) is 34.6 Å². The van der Waals surface area contributed by atoms with Gasteiger partial charge in [-0.15, -0.1) is 0 Å². The van der Waals surface area contributed by atoms with Crippen LogP contribution in [0.3, 0.4) is 0 Å². The number of alkyl halides is 3. The van der Waals surface area contributed by atoms with Crippen LogP contribution in [0.1, 0.15) is 54.7 Å². The number of likely N-dealkylation sites (tertiary alicyclic amines) is 1. The van der Waals surface area contributed by atoms with Crippen LogP contribution in [0, 0.1) is 0 Å². The van der Waals surface area contributed by atoms with Gasteiger partial charge in [-0.3, -0.25) is 24.6 Å². The van der Waals surface area contributed by atoms with Crippen LogP contribution < -0.4 is 20.4 Å². The Morgan fingerprint density at radius 2 is 1.72 bits per heavy atom. The van der Waals surface area contributed by atoms with E-state index in [1.165, 1.54) is 33.8 Å². The molecular weight excluding hydrogens is 726 g/mol. The number of hydrogen-bond acceptors (Lipinski definition) is 10. The predicted molar refractivity (Wildman–Crippen MR) is 197 cm³/mol. The lowest BCUT2D eigenvalue weighted by molar-refractivity contribution is -0.137. The second-order valence-electron chi connectivity index (χ2n) is 14.3. The minimum atomic E-state index is -4.59. The van der Waals surface area contributed by atoms with E-state index in [2.05, 4.69) is 42.7 Å². The van der Waals surface area contributed by atoms with Gasteiger partial charge < -0.3 is 10.2 Å². The van der Waals surface area contributed by atoms with E-state index < -0.39 is 27.8 Å². The number of urea groups is 1. The van der Waals surface area contributed by atoms with Crippen LogP contribution in [-0.4, -0.2) is 102 Å². The topological polar surface area (TPSA) is 149 Å². The van der Waals surface area contributed by atoms with E-state index in [9.17, 15) is 31.2 Å².